The third-order valence-corrected chi connectivity index (χ3v) is 4.48. The quantitative estimate of drug-likeness (QED) is 0.526. The van der Waals surface area contributed by atoms with Crippen molar-refractivity contribution in [3.05, 3.63) is 59.5 Å². The second kappa shape index (κ2) is 9.23. The fourth-order valence-corrected chi connectivity index (χ4v) is 3.27. The molecule has 2 heterocycles. The minimum absolute atomic E-state index is 0.0296. The Balaban J connectivity index is 1.66. The lowest BCUT2D eigenvalue weighted by Gasteiger charge is -2.07. The van der Waals surface area contributed by atoms with Gasteiger partial charge < -0.3 is 14.6 Å². The van der Waals surface area contributed by atoms with Crippen LogP contribution in [0.1, 0.15) is 41.5 Å². The SMILES string of the molecule is CCOc1cccn2c(C(=O)CCCc3cccc(OCC(=O)O)c3)c(C)nc12. The van der Waals surface area contributed by atoms with Gasteiger partial charge in [-0.1, -0.05) is 12.1 Å². The predicted molar refractivity (Wildman–Crippen MR) is 108 cm³/mol. The molecule has 3 rings (SSSR count). The van der Waals surface area contributed by atoms with Crippen molar-refractivity contribution >= 4 is 17.4 Å². The number of imidazole rings is 1. The Morgan fingerprint density at radius 3 is 2.76 bits per heavy atom. The molecular weight excluding hydrogens is 372 g/mol. The first-order valence-corrected chi connectivity index (χ1v) is 9.56. The summed E-state index contributed by atoms with van der Waals surface area (Å²) >= 11 is 0. The lowest BCUT2D eigenvalue weighted by Crippen LogP contribution is -2.09. The Bertz CT molecular complexity index is 1030. The highest BCUT2D eigenvalue weighted by Gasteiger charge is 2.18. The van der Waals surface area contributed by atoms with Crippen LogP contribution in [0.3, 0.4) is 0 Å². The standard InChI is InChI=1S/C22H24N2O5/c1-3-28-19-11-6-12-24-21(15(2)23-22(19)24)18(25)10-5-8-16-7-4-9-17(13-16)29-14-20(26)27/h4,6-7,9,11-13H,3,5,8,10,14H2,1-2H3,(H,26,27). The molecule has 7 heteroatoms. The maximum atomic E-state index is 12.9. The average molecular weight is 396 g/mol. The topological polar surface area (TPSA) is 90.1 Å². The monoisotopic (exact) mass is 396 g/mol. The van der Waals surface area contributed by atoms with Gasteiger partial charge in [0.2, 0.25) is 0 Å². The largest absolute Gasteiger partial charge is 0.490 e. The van der Waals surface area contributed by atoms with Gasteiger partial charge in [0, 0.05) is 12.6 Å². The van der Waals surface area contributed by atoms with Crippen LogP contribution in [0.5, 0.6) is 11.5 Å². The summed E-state index contributed by atoms with van der Waals surface area (Å²) in [5.74, 6) is 0.187. The normalized spacial score (nSPS) is 10.8. The zero-order chi connectivity index (χ0) is 20.8. The molecule has 0 bridgehead atoms. The van der Waals surface area contributed by atoms with Crippen LogP contribution in [0.4, 0.5) is 0 Å². The number of nitrogens with zero attached hydrogens (tertiary/aromatic N) is 2. The number of hydrogen-bond donors (Lipinski definition) is 1. The van der Waals surface area contributed by atoms with Gasteiger partial charge in [0.25, 0.3) is 0 Å². The Kier molecular flexibility index (Phi) is 6.49. The first-order valence-electron chi connectivity index (χ1n) is 9.56. The molecule has 0 aliphatic rings. The zero-order valence-electron chi connectivity index (χ0n) is 16.6. The van der Waals surface area contributed by atoms with E-state index in [1.165, 1.54) is 0 Å². The van der Waals surface area contributed by atoms with E-state index in [4.69, 9.17) is 14.6 Å². The summed E-state index contributed by atoms with van der Waals surface area (Å²) in [6.07, 6.45) is 3.57. The highest BCUT2D eigenvalue weighted by atomic mass is 16.5. The van der Waals surface area contributed by atoms with Crippen LogP contribution in [0.25, 0.3) is 5.65 Å². The van der Waals surface area contributed by atoms with Crippen molar-refractivity contribution in [2.75, 3.05) is 13.2 Å². The summed E-state index contributed by atoms with van der Waals surface area (Å²) in [5, 5.41) is 8.70. The lowest BCUT2D eigenvalue weighted by atomic mass is 10.0. The summed E-state index contributed by atoms with van der Waals surface area (Å²) in [6.45, 7) is 3.90. The third kappa shape index (κ3) is 4.93. The minimum Gasteiger partial charge on any atom is -0.490 e. The number of carboxylic acids is 1. The van der Waals surface area contributed by atoms with Gasteiger partial charge in [0.1, 0.15) is 11.4 Å². The smallest absolute Gasteiger partial charge is 0.341 e. The van der Waals surface area contributed by atoms with Crippen molar-refractivity contribution in [3.63, 3.8) is 0 Å². The zero-order valence-corrected chi connectivity index (χ0v) is 16.6. The number of fused-ring (bicyclic) bond motifs is 1. The van der Waals surface area contributed by atoms with Gasteiger partial charge in [-0.25, -0.2) is 9.78 Å². The number of aromatic nitrogens is 2. The molecule has 0 unspecified atom stereocenters. The number of rotatable bonds is 10. The van der Waals surface area contributed by atoms with Crippen LogP contribution in [0, 0.1) is 6.92 Å². The highest BCUT2D eigenvalue weighted by Crippen LogP contribution is 2.23. The van der Waals surface area contributed by atoms with E-state index in [-0.39, 0.29) is 12.4 Å². The molecule has 0 saturated carbocycles. The van der Waals surface area contributed by atoms with Gasteiger partial charge in [0.15, 0.2) is 23.8 Å². The number of Topliss-reactive ketones (excluding diaryl/α,β-unsaturated/α-hetero) is 1. The minimum atomic E-state index is -1.02. The van der Waals surface area contributed by atoms with Crippen LogP contribution < -0.4 is 9.47 Å². The molecule has 0 atom stereocenters. The number of ether oxygens (including phenoxy) is 2. The van der Waals surface area contributed by atoms with E-state index >= 15 is 0 Å². The van der Waals surface area contributed by atoms with Crippen molar-refractivity contribution in [2.45, 2.75) is 33.1 Å². The van der Waals surface area contributed by atoms with Crippen molar-refractivity contribution in [2.24, 2.45) is 0 Å². The molecule has 152 valence electrons. The van der Waals surface area contributed by atoms with Crippen LogP contribution in [0.15, 0.2) is 42.6 Å². The van der Waals surface area contributed by atoms with E-state index in [1.807, 2.05) is 44.3 Å². The van der Waals surface area contributed by atoms with Gasteiger partial charge in [-0.15, -0.1) is 0 Å². The van der Waals surface area contributed by atoms with Gasteiger partial charge >= 0.3 is 5.97 Å². The fourth-order valence-electron chi connectivity index (χ4n) is 3.27. The molecule has 3 aromatic rings. The third-order valence-electron chi connectivity index (χ3n) is 4.48. The summed E-state index contributed by atoms with van der Waals surface area (Å²) in [5.41, 5.74) is 2.92. The number of hydrogen-bond acceptors (Lipinski definition) is 5. The Morgan fingerprint density at radius 1 is 1.17 bits per heavy atom. The summed E-state index contributed by atoms with van der Waals surface area (Å²) in [6, 6.07) is 11.0. The molecule has 29 heavy (non-hydrogen) atoms. The maximum absolute atomic E-state index is 12.9. The molecule has 2 aromatic heterocycles. The number of ketones is 1. The number of carbonyl (C=O) groups excluding carboxylic acids is 1. The van der Waals surface area contributed by atoms with Gasteiger partial charge in [0.05, 0.1) is 12.3 Å². The molecule has 0 fully saturated rings. The van der Waals surface area contributed by atoms with Crippen molar-refractivity contribution in [1.82, 2.24) is 9.38 Å². The van der Waals surface area contributed by atoms with Gasteiger partial charge in [-0.2, -0.15) is 0 Å². The highest BCUT2D eigenvalue weighted by molar-refractivity contribution is 5.96. The molecule has 0 aliphatic heterocycles. The first kappa shape index (κ1) is 20.4. The van der Waals surface area contributed by atoms with Crippen LogP contribution in [0.2, 0.25) is 0 Å². The molecular formula is C22H24N2O5. The van der Waals surface area contributed by atoms with Gasteiger partial charge in [-0.05, 0) is 56.5 Å². The number of carboxylic acid groups (broad SMARTS) is 1. The summed E-state index contributed by atoms with van der Waals surface area (Å²) < 4.78 is 12.6. The average Bonchev–Trinajstić information content (AvgIpc) is 3.04. The Morgan fingerprint density at radius 2 is 2.00 bits per heavy atom. The van der Waals surface area contributed by atoms with Gasteiger partial charge in [-0.3, -0.25) is 9.20 Å². The maximum Gasteiger partial charge on any atom is 0.341 e. The van der Waals surface area contributed by atoms with Crippen LogP contribution >= 0.6 is 0 Å². The number of aryl methyl sites for hydroxylation is 2. The predicted octanol–water partition coefficient (Wildman–Crippen LogP) is 3.71. The number of aliphatic carboxylic acids is 1. The van der Waals surface area contributed by atoms with Crippen molar-refractivity contribution in [3.8, 4) is 11.5 Å². The Labute approximate surface area is 168 Å². The van der Waals surface area contributed by atoms with E-state index in [0.717, 1.165) is 5.56 Å². The molecule has 1 N–H and O–H groups in total. The van der Waals surface area contributed by atoms with E-state index < -0.39 is 5.97 Å². The molecule has 0 amide bonds. The second-order valence-corrected chi connectivity index (χ2v) is 6.65. The molecule has 0 radical (unpaired) electrons. The van der Waals surface area contributed by atoms with E-state index in [0.29, 0.717) is 54.4 Å². The van der Waals surface area contributed by atoms with Crippen molar-refractivity contribution < 1.29 is 24.2 Å². The number of benzene rings is 1. The molecule has 0 aliphatic carbocycles. The van der Waals surface area contributed by atoms with Crippen LogP contribution in [-0.4, -0.2) is 39.5 Å². The second-order valence-electron chi connectivity index (χ2n) is 6.65. The van der Waals surface area contributed by atoms with E-state index in [2.05, 4.69) is 4.98 Å². The summed E-state index contributed by atoms with van der Waals surface area (Å²) in [7, 11) is 0. The molecule has 7 nitrogen and oxygen atoms in total. The summed E-state index contributed by atoms with van der Waals surface area (Å²) in [4.78, 5) is 28.0. The van der Waals surface area contributed by atoms with Crippen LogP contribution in [-0.2, 0) is 11.2 Å². The fraction of sp³-hybridized carbons (Fsp3) is 0.318. The van der Waals surface area contributed by atoms with E-state index in [1.54, 1.807) is 16.5 Å². The number of pyridine rings is 1. The lowest BCUT2D eigenvalue weighted by molar-refractivity contribution is -0.139. The van der Waals surface area contributed by atoms with E-state index in [9.17, 15) is 9.59 Å². The molecule has 0 spiro atoms. The number of carbonyl (C=O) groups is 2. The Hall–Kier alpha value is -3.35. The molecule has 1 aromatic carbocycles. The molecule has 0 saturated heterocycles. The first-order chi connectivity index (χ1) is 14.0. The van der Waals surface area contributed by atoms with Crippen molar-refractivity contribution in [1.29, 1.82) is 0 Å².